The van der Waals surface area contributed by atoms with Crippen molar-refractivity contribution >= 4 is 5.78 Å². The number of furan rings is 1. The smallest absolute Gasteiger partial charge is 0.195 e. The van der Waals surface area contributed by atoms with Gasteiger partial charge in [0.05, 0.1) is 6.26 Å². The number of carbonyl (C=O) groups excluding carboxylic acids is 1. The highest BCUT2D eigenvalue weighted by molar-refractivity contribution is 5.92. The van der Waals surface area contributed by atoms with E-state index in [0.29, 0.717) is 5.76 Å². The quantitative estimate of drug-likeness (QED) is 0.556. The highest BCUT2D eigenvalue weighted by atomic mass is 16.3. The minimum absolute atomic E-state index is 0.00870. The zero-order valence-electron chi connectivity index (χ0n) is 6.39. The van der Waals surface area contributed by atoms with Gasteiger partial charge in [0.2, 0.25) is 0 Å². The molecule has 0 bridgehead atoms. The van der Waals surface area contributed by atoms with Crippen LogP contribution in [0.25, 0.3) is 0 Å². The summed E-state index contributed by atoms with van der Waals surface area (Å²) >= 11 is 0. The van der Waals surface area contributed by atoms with Crippen molar-refractivity contribution in [2.45, 2.75) is 20.8 Å². The van der Waals surface area contributed by atoms with E-state index in [-0.39, 0.29) is 5.78 Å². The minimum Gasteiger partial charge on any atom is -0.461 e. The second-order valence-corrected chi connectivity index (χ2v) is 2.43. The lowest BCUT2D eigenvalue weighted by molar-refractivity contribution is 0.0986. The Morgan fingerprint density at radius 1 is 1.50 bits per heavy atom. The first-order valence-corrected chi connectivity index (χ1v) is 3.18. The summed E-state index contributed by atoms with van der Waals surface area (Å²) in [5, 5.41) is 0. The number of rotatable bonds is 1. The van der Waals surface area contributed by atoms with Crippen molar-refractivity contribution in [2.75, 3.05) is 0 Å². The highest BCUT2D eigenvalue weighted by Gasteiger charge is 2.09. The van der Waals surface area contributed by atoms with E-state index in [9.17, 15) is 4.79 Å². The van der Waals surface area contributed by atoms with Gasteiger partial charge in [-0.1, -0.05) is 0 Å². The maximum Gasteiger partial charge on any atom is 0.195 e. The van der Waals surface area contributed by atoms with E-state index in [1.807, 2.05) is 13.8 Å². The van der Waals surface area contributed by atoms with E-state index < -0.39 is 0 Å². The molecule has 0 fully saturated rings. The van der Waals surface area contributed by atoms with E-state index in [1.165, 1.54) is 6.92 Å². The lowest BCUT2D eigenvalue weighted by Crippen LogP contribution is -1.91. The zero-order chi connectivity index (χ0) is 7.72. The molecule has 0 atom stereocenters. The van der Waals surface area contributed by atoms with E-state index in [4.69, 9.17) is 4.42 Å². The molecule has 0 N–H and O–H groups in total. The van der Waals surface area contributed by atoms with Gasteiger partial charge in [0.1, 0.15) is 0 Å². The number of aryl methyl sites for hydroxylation is 1. The third-order valence-corrected chi connectivity index (χ3v) is 1.61. The van der Waals surface area contributed by atoms with Gasteiger partial charge in [-0.2, -0.15) is 0 Å². The van der Waals surface area contributed by atoms with Crippen molar-refractivity contribution in [1.82, 2.24) is 0 Å². The van der Waals surface area contributed by atoms with Gasteiger partial charge < -0.3 is 4.42 Å². The standard InChI is InChI=1S/C8H10O2/c1-5-4-10-8(6(5)2)7(3)9/h4H,1-3H3. The molecule has 54 valence electrons. The summed E-state index contributed by atoms with van der Waals surface area (Å²) in [6, 6.07) is 0. The van der Waals surface area contributed by atoms with Crippen LogP contribution in [0.15, 0.2) is 10.7 Å². The van der Waals surface area contributed by atoms with Crippen molar-refractivity contribution in [1.29, 1.82) is 0 Å². The van der Waals surface area contributed by atoms with Gasteiger partial charge in [0.15, 0.2) is 11.5 Å². The maximum absolute atomic E-state index is 10.8. The van der Waals surface area contributed by atoms with E-state index in [0.717, 1.165) is 11.1 Å². The van der Waals surface area contributed by atoms with Crippen molar-refractivity contribution in [3.8, 4) is 0 Å². The van der Waals surface area contributed by atoms with E-state index in [1.54, 1.807) is 6.26 Å². The first kappa shape index (κ1) is 7.06. The Labute approximate surface area is 59.8 Å². The van der Waals surface area contributed by atoms with Gasteiger partial charge in [-0.15, -0.1) is 0 Å². The summed E-state index contributed by atoms with van der Waals surface area (Å²) < 4.78 is 5.01. The lowest BCUT2D eigenvalue weighted by Gasteiger charge is -1.89. The Balaban J connectivity index is 3.17. The van der Waals surface area contributed by atoms with Gasteiger partial charge in [-0.3, -0.25) is 4.79 Å². The fraction of sp³-hybridized carbons (Fsp3) is 0.375. The second-order valence-electron chi connectivity index (χ2n) is 2.43. The first-order valence-electron chi connectivity index (χ1n) is 3.18. The van der Waals surface area contributed by atoms with Crippen LogP contribution in [0.2, 0.25) is 0 Å². The molecule has 1 heterocycles. The minimum atomic E-state index is -0.00870. The Morgan fingerprint density at radius 2 is 2.10 bits per heavy atom. The van der Waals surface area contributed by atoms with Crippen LogP contribution in [0.3, 0.4) is 0 Å². The fourth-order valence-corrected chi connectivity index (χ4v) is 0.850. The summed E-state index contributed by atoms with van der Waals surface area (Å²) in [5.74, 6) is 0.475. The third kappa shape index (κ3) is 0.967. The molecular formula is C8H10O2. The lowest BCUT2D eigenvalue weighted by atomic mass is 10.1. The van der Waals surface area contributed by atoms with Gasteiger partial charge in [0, 0.05) is 12.5 Å². The second kappa shape index (κ2) is 2.29. The van der Waals surface area contributed by atoms with Crippen LogP contribution >= 0.6 is 0 Å². The monoisotopic (exact) mass is 138 g/mol. The predicted octanol–water partition coefficient (Wildman–Crippen LogP) is 2.10. The molecule has 0 saturated heterocycles. The zero-order valence-corrected chi connectivity index (χ0v) is 6.39. The van der Waals surface area contributed by atoms with Crippen molar-refractivity contribution in [3.05, 3.63) is 23.2 Å². The average Bonchev–Trinajstić information content (AvgIpc) is 2.14. The van der Waals surface area contributed by atoms with Crippen LogP contribution < -0.4 is 0 Å². The maximum atomic E-state index is 10.8. The molecule has 0 radical (unpaired) electrons. The molecule has 1 aromatic heterocycles. The average molecular weight is 138 g/mol. The highest BCUT2D eigenvalue weighted by Crippen LogP contribution is 2.14. The predicted molar refractivity (Wildman–Crippen MR) is 38.2 cm³/mol. The van der Waals surface area contributed by atoms with Crippen LogP contribution in [0.5, 0.6) is 0 Å². The molecule has 0 aliphatic carbocycles. The molecule has 0 aromatic carbocycles. The van der Waals surface area contributed by atoms with Gasteiger partial charge in [0.25, 0.3) is 0 Å². The molecule has 0 aliphatic heterocycles. The molecule has 0 spiro atoms. The summed E-state index contributed by atoms with van der Waals surface area (Å²) in [4.78, 5) is 10.8. The largest absolute Gasteiger partial charge is 0.461 e. The molecule has 0 aliphatic rings. The molecule has 2 nitrogen and oxygen atoms in total. The summed E-state index contributed by atoms with van der Waals surface area (Å²) in [7, 11) is 0. The van der Waals surface area contributed by atoms with E-state index in [2.05, 4.69) is 0 Å². The molecule has 10 heavy (non-hydrogen) atoms. The SMILES string of the molecule is CC(=O)c1occ(C)c1C. The molecule has 0 saturated carbocycles. The van der Waals surface area contributed by atoms with Crippen molar-refractivity contribution in [2.24, 2.45) is 0 Å². The Morgan fingerprint density at radius 3 is 2.30 bits per heavy atom. The molecule has 1 aromatic rings. The van der Waals surface area contributed by atoms with Crippen LogP contribution in [-0.2, 0) is 0 Å². The Hall–Kier alpha value is -1.05. The molecular weight excluding hydrogens is 128 g/mol. The van der Waals surface area contributed by atoms with Crippen LogP contribution in [-0.4, -0.2) is 5.78 Å². The number of ketones is 1. The molecule has 1 rings (SSSR count). The summed E-state index contributed by atoms with van der Waals surface area (Å²) in [6.07, 6.45) is 1.60. The molecule has 0 unspecified atom stereocenters. The number of hydrogen-bond acceptors (Lipinski definition) is 2. The van der Waals surface area contributed by atoms with Gasteiger partial charge in [-0.25, -0.2) is 0 Å². The van der Waals surface area contributed by atoms with Crippen molar-refractivity contribution < 1.29 is 9.21 Å². The number of Topliss-reactive ketones (excluding diaryl/α,β-unsaturated/α-hetero) is 1. The molecule has 2 heteroatoms. The third-order valence-electron chi connectivity index (χ3n) is 1.61. The summed E-state index contributed by atoms with van der Waals surface area (Å²) in [6.45, 7) is 5.31. The van der Waals surface area contributed by atoms with Crippen molar-refractivity contribution in [3.63, 3.8) is 0 Å². The fourth-order valence-electron chi connectivity index (χ4n) is 0.850. The first-order chi connectivity index (χ1) is 4.63. The normalized spacial score (nSPS) is 9.90. The summed E-state index contributed by atoms with van der Waals surface area (Å²) in [5.41, 5.74) is 1.98. The number of carbonyl (C=O) groups is 1. The molecule has 0 amide bonds. The number of hydrogen-bond donors (Lipinski definition) is 0. The van der Waals surface area contributed by atoms with Crippen LogP contribution in [0.4, 0.5) is 0 Å². The van der Waals surface area contributed by atoms with Gasteiger partial charge >= 0.3 is 0 Å². The Kier molecular flexibility index (Phi) is 1.62. The van der Waals surface area contributed by atoms with Gasteiger partial charge in [-0.05, 0) is 19.4 Å². The topological polar surface area (TPSA) is 30.2 Å². The van der Waals surface area contributed by atoms with Crippen LogP contribution in [0, 0.1) is 13.8 Å². The van der Waals surface area contributed by atoms with E-state index >= 15 is 0 Å². The van der Waals surface area contributed by atoms with Crippen LogP contribution in [0.1, 0.15) is 28.6 Å². The Bertz CT molecular complexity index is 258.